The van der Waals surface area contributed by atoms with E-state index in [1.54, 1.807) is 18.2 Å². The van der Waals surface area contributed by atoms with Crippen molar-refractivity contribution >= 4 is 23.6 Å². The minimum atomic E-state index is -0.948. The van der Waals surface area contributed by atoms with E-state index in [2.05, 4.69) is 5.32 Å². The maximum atomic E-state index is 13.0. The van der Waals surface area contributed by atoms with E-state index < -0.39 is 23.8 Å². The fourth-order valence-electron chi connectivity index (χ4n) is 1.92. The van der Waals surface area contributed by atoms with Crippen LogP contribution in [0.4, 0.5) is 10.1 Å². The van der Waals surface area contributed by atoms with Crippen LogP contribution in [0.2, 0.25) is 0 Å². The molecule has 0 bridgehead atoms. The first-order valence-corrected chi connectivity index (χ1v) is 7.46. The smallest absolute Gasteiger partial charge is 0.331 e. The Morgan fingerprint density at radius 2 is 1.88 bits per heavy atom. The Balaban J connectivity index is 1.88. The normalized spacial score (nSPS) is 12.0. The van der Waals surface area contributed by atoms with Crippen LogP contribution in [-0.4, -0.2) is 18.0 Å². The molecule has 0 spiro atoms. The van der Waals surface area contributed by atoms with E-state index in [-0.39, 0.29) is 0 Å². The van der Waals surface area contributed by atoms with Gasteiger partial charge in [0.1, 0.15) is 5.82 Å². The molecule has 4 nitrogen and oxygen atoms in total. The zero-order valence-corrected chi connectivity index (χ0v) is 13.5. The molecule has 0 radical (unpaired) electrons. The Kier molecular flexibility index (Phi) is 5.84. The van der Waals surface area contributed by atoms with Gasteiger partial charge in [0.25, 0.3) is 5.91 Å². The third-order valence-corrected chi connectivity index (χ3v) is 3.24. The number of ether oxygens (including phenoxy) is 1. The molecule has 1 amide bonds. The zero-order valence-electron chi connectivity index (χ0n) is 13.5. The number of nitrogens with one attached hydrogen (secondary N) is 1. The van der Waals surface area contributed by atoms with Gasteiger partial charge in [0, 0.05) is 11.8 Å². The van der Waals surface area contributed by atoms with E-state index >= 15 is 0 Å². The molecular formula is C19H18FNO3. The molecule has 0 aliphatic rings. The van der Waals surface area contributed by atoms with Crippen molar-refractivity contribution in [1.82, 2.24) is 0 Å². The first-order chi connectivity index (χ1) is 11.4. The van der Waals surface area contributed by atoms with E-state index in [1.807, 2.05) is 19.1 Å². The molecule has 24 heavy (non-hydrogen) atoms. The number of rotatable bonds is 5. The molecule has 0 saturated carbocycles. The lowest BCUT2D eigenvalue weighted by atomic mass is 10.2. The summed E-state index contributed by atoms with van der Waals surface area (Å²) in [6, 6.07) is 13.1. The molecule has 0 heterocycles. The van der Waals surface area contributed by atoms with Gasteiger partial charge in [-0.25, -0.2) is 9.18 Å². The van der Waals surface area contributed by atoms with Crippen molar-refractivity contribution in [2.24, 2.45) is 0 Å². The summed E-state index contributed by atoms with van der Waals surface area (Å²) in [6.45, 7) is 3.43. The van der Waals surface area contributed by atoms with Crippen molar-refractivity contribution in [3.05, 3.63) is 71.6 Å². The second-order valence-electron chi connectivity index (χ2n) is 5.32. The van der Waals surface area contributed by atoms with Gasteiger partial charge in [-0.1, -0.05) is 29.8 Å². The molecule has 2 rings (SSSR count). The molecule has 2 aromatic rings. The number of hydrogen-bond donors (Lipinski definition) is 1. The van der Waals surface area contributed by atoms with Crippen LogP contribution < -0.4 is 5.32 Å². The SMILES string of the molecule is Cc1ccc(NC(=O)[C@H](C)OC(=O)/C=C/c2cccc(F)c2)cc1. The van der Waals surface area contributed by atoms with Crippen molar-refractivity contribution < 1.29 is 18.7 Å². The summed E-state index contributed by atoms with van der Waals surface area (Å²) >= 11 is 0. The van der Waals surface area contributed by atoms with Gasteiger partial charge in [0.05, 0.1) is 0 Å². The number of esters is 1. The average molecular weight is 327 g/mol. The summed E-state index contributed by atoms with van der Waals surface area (Å²) in [5, 5.41) is 2.67. The van der Waals surface area contributed by atoms with Gasteiger partial charge in [-0.3, -0.25) is 4.79 Å². The highest BCUT2D eigenvalue weighted by molar-refractivity contribution is 5.96. The van der Waals surface area contributed by atoms with Crippen LogP contribution >= 0.6 is 0 Å². The molecule has 0 aliphatic heterocycles. The van der Waals surface area contributed by atoms with Crippen molar-refractivity contribution in [3.63, 3.8) is 0 Å². The van der Waals surface area contributed by atoms with Crippen molar-refractivity contribution in [2.75, 3.05) is 5.32 Å². The number of anilines is 1. The Hall–Kier alpha value is -2.95. The van der Waals surface area contributed by atoms with E-state index in [0.717, 1.165) is 11.6 Å². The number of hydrogen-bond acceptors (Lipinski definition) is 3. The third-order valence-electron chi connectivity index (χ3n) is 3.24. The summed E-state index contributed by atoms with van der Waals surface area (Å²) < 4.78 is 18.1. The molecule has 5 heteroatoms. The molecule has 1 N–H and O–H groups in total. The summed E-state index contributed by atoms with van der Waals surface area (Å²) in [6.07, 6.45) is 1.64. The van der Waals surface area contributed by atoms with Crippen LogP contribution in [-0.2, 0) is 14.3 Å². The van der Waals surface area contributed by atoms with Gasteiger partial charge < -0.3 is 10.1 Å². The maximum absolute atomic E-state index is 13.0. The molecule has 2 aromatic carbocycles. The number of aryl methyl sites for hydroxylation is 1. The molecule has 124 valence electrons. The van der Waals surface area contributed by atoms with Gasteiger partial charge in [0.2, 0.25) is 0 Å². The van der Waals surface area contributed by atoms with E-state index in [1.165, 1.54) is 31.2 Å². The van der Waals surface area contributed by atoms with Crippen LogP contribution in [0.3, 0.4) is 0 Å². The lowest BCUT2D eigenvalue weighted by molar-refractivity contribution is -0.148. The average Bonchev–Trinajstić information content (AvgIpc) is 2.55. The third kappa shape index (κ3) is 5.35. The van der Waals surface area contributed by atoms with Crippen LogP contribution in [0.1, 0.15) is 18.1 Å². The molecule has 0 unspecified atom stereocenters. The summed E-state index contributed by atoms with van der Waals surface area (Å²) in [4.78, 5) is 23.7. The highest BCUT2D eigenvalue weighted by atomic mass is 19.1. The first kappa shape index (κ1) is 17.4. The molecule has 1 atom stereocenters. The van der Waals surface area contributed by atoms with Crippen LogP contribution in [0.15, 0.2) is 54.6 Å². The lowest BCUT2D eigenvalue weighted by Crippen LogP contribution is -2.29. The fraction of sp³-hybridized carbons (Fsp3) is 0.158. The first-order valence-electron chi connectivity index (χ1n) is 7.46. The number of halogens is 1. The summed E-state index contributed by atoms with van der Waals surface area (Å²) in [5.74, 6) is -1.49. The Morgan fingerprint density at radius 3 is 2.54 bits per heavy atom. The molecule has 0 saturated heterocycles. The molecular weight excluding hydrogens is 309 g/mol. The van der Waals surface area contributed by atoms with Crippen molar-refractivity contribution in [1.29, 1.82) is 0 Å². The predicted octanol–water partition coefficient (Wildman–Crippen LogP) is 3.72. The number of benzene rings is 2. The number of amides is 1. The molecule has 0 fully saturated rings. The molecule has 0 aliphatic carbocycles. The second-order valence-corrected chi connectivity index (χ2v) is 5.32. The van der Waals surface area contributed by atoms with Crippen LogP contribution in [0, 0.1) is 12.7 Å². The Morgan fingerprint density at radius 1 is 1.17 bits per heavy atom. The monoisotopic (exact) mass is 327 g/mol. The topological polar surface area (TPSA) is 55.4 Å². The highest BCUT2D eigenvalue weighted by Gasteiger charge is 2.16. The van der Waals surface area contributed by atoms with Gasteiger partial charge in [0.15, 0.2) is 6.10 Å². The fourth-order valence-corrected chi connectivity index (χ4v) is 1.92. The Bertz CT molecular complexity index is 753. The zero-order chi connectivity index (χ0) is 17.5. The summed E-state index contributed by atoms with van der Waals surface area (Å²) in [7, 11) is 0. The number of carbonyl (C=O) groups is 2. The standard InChI is InChI=1S/C19H18FNO3/c1-13-6-9-17(10-7-13)21-19(23)14(2)24-18(22)11-8-15-4-3-5-16(20)12-15/h3-12,14H,1-2H3,(H,21,23)/b11-8+/t14-/m0/s1. The quantitative estimate of drug-likeness (QED) is 0.673. The van der Waals surface area contributed by atoms with Gasteiger partial charge in [-0.2, -0.15) is 0 Å². The van der Waals surface area contributed by atoms with Gasteiger partial charge >= 0.3 is 5.97 Å². The molecule has 0 aromatic heterocycles. The van der Waals surface area contributed by atoms with Gasteiger partial charge in [-0.05, 0) is 49.8 Å². The maximum Gasteiger partial charge on any atom is 0.331 e. The lowest BCUT2D eigenvalue weighted by Gasteiger charge is -2.12. The van der Waals surface area contributed by atoms with Crippen molar-refractivity contribution in [2.45, 2.75) is 20.0 Å². The van der Waals surface area contributed by atoms with E-state index in [4.69, 9.17) is 4.74 Å². The highest BCUT2D eigenvalue weighted by Crippen LogP contribution is 2.10. The van der Waals surface area contributed by atoms with Crippen molar-refractivity contribution in [3.8, 4) is 0 Å². The number of carbonyl (C=O) groups excluding carboxylic acids is 2. The van der Waals surface area contributed by atoms with Crippen LogP contribution in [0.5, 0.6) is 0 Å². The Labute approximate surface area is 140 Å². The second kappa shape index (κ2) is 8.06. The predicted molar refractivity (Wildman–Crippen MR) is 90.8 cm³/mol. The minimum absolute atomic E-state index is 0.392. The summed E-state index contributed by atoms with van der Waals surface area (Å²) in [5.41, 5.74) is 2.24. The largest absolute Gasteiger partial charge is 0.449 e. The van der Waals surface area contributed by atoms with E-state index in [9.17, 15) is 14.0 Å². The van der Waals surface area contributed by atoms with Crippen LogP contribution in [0.25, 0.3) is 6.08 Å². The van der Waals surface area contributed by atoms with Gasteiger partial charge in [-0.15, -0.1) is 0 Å². The van der Waals surface area contributed by atoms with E-state index in [0.29, 0.717) is 11.3 Å². The minimum Gasteiger partial charge on any atom is -0.449 e.